The predicted molar refractivity (Wildman–Crippen MR) is 76.1 cm³/mol. The van der Waals surface area contributed by atoms with E-state index in [9.17, 15) is 4.79 Å². The Morgan fingerprint density at radius 3 is 2.95 bits per heavy atom. The van der Waals surface area contributed by atoms with Crippen LogP contribution in [0.15, 0.2) is 18.2 Å². The molecule has 1 aromatic rings. The molecule has 104 valence electrons. The van der Waals surface area contributed by atoms with Crippen molar-refractivity contribution in [3.05, 3.63) is 29.6 Å². The van der Waals surface area contributed by atoms with E-state index in [1.54, 1.807) is 6.07 Å². The lowest BCUT2D eigenvalue weighted by atomic mass is 9.90. The summed E-state index contributed by atoms with van der Waals surface area (Å²) < 4.78 is 0. The van der Waals surface area contributed by atoms with Gasteiger partial charge in [0.2, 0.25) is 0 Å². The van der Waals surface area contributed by atoms with E-state index >= 15 is 0 Å². The number of hydrogen-bond donors (Lipinski definition) is 1. The zero-order chi connectivity index (χ0) is 13.8. The predicted octanol–water partition coefficient (Wildman–Crippen LogP) is 1.85. The highest BCUT2D eigenvalue weighted by Crippen LogP contribution is 2.21. The number of hydrogen-bond acceptors (Lipinski definition) is 3. The van der Waals surface area contributed by atoms with Crippen LogP contribution in [-0.4, -0.2) is 42.0 Å². The molecule has 1 N–H and O–H groups in total. The third-order valence-electron chi connectivity index (χ3n) is 4.02. The number of amides is 1. The summed E-state index contributed by atoms with van der Waals surface area (Å²) in [6.45, 7) is 5.75. The molecule has 0 spiro atoms. The highest BCUT2D eigenvalue weighted by molar-refractivity contribution is 5.92. The molecule has 0 saturated carbocycles. The molecule has 2 rings (SSSR count). The molecule has 0 bridgehead atoms. The number of aromatic nitrogens is 1. The molecule has 4 nitrogen and oxygen atoms in total. The average molecular weight is 261 g/mol. The minimum absolute atomic E-state index is 0.0664. The van der Waals surface area contributed by atoms with Gasteiger partial charge < -0.3 is 10.2 Å². The highest BCUT2D eigenvalue weighted by atomic mass is 16.2. The Balaban J connectivity index is 2.08. The van der Waals surface area contributed by atoms with Gasteiger partial charge in [-0.05, 0) is 38.4 Å². The van der Waals surface area contributed by atoms with Crippen molar-refractivity contribution < 1.29 is 4.79 Å². The molecule has 0 aliphatic carbocycles. The van der Waals surface area contributed by atoms with Gasteiger partial charge in [0.1, 0.15) is 5.69 Å². The van der Waals surface area contributed by atoms with Crippen LogP contribution in [0.1, 0.15) is 35.9 Å². The van der Waals surface area contributed by atoms with Crippen molar-refractivity contribution in [2.75, 3.05) is 20.1 Å². The maximum absolute atomic E-state index is 12.5. The first-order chi connectivity index (χ1) is 9.15. The Hall–Kier alpha value is -1.42. The number of nitrogens with zero attached hydrogens (tertiary/aromatic N) is 2. The van der Waals surface area contributed by atoms with Crippen molar-refractivity contribution in [3.63, 3.8) is 0 Å². The molecule has 0 radical (unpaired) electrons. The number of aryl methyl sites for hydroxylation is 1. The Bertz CT molecular complexity index is 447. The summed E-state index contributed by atoms with van der Waals surface area (Å²) in [6, 6.07) is 6.14. The third-order valence-corrected chi connectivity index (χ3v) is 4.02. The van der Waals surface area contributed by atoms with Gasteiger partial charge in [0, 0.05) is 24.8 Å². The van der Waals surface area contributed by atoms with Crippen LogP contribution in [0.5, 0.6) is 0 Å². The first kappa shape index (κ1) is 14.0. The first-order valence-corrected chi connectivity index (χ1v) is 7.06. The largest absolute Gasteiger partial charge is 0.337 e. The van der Waals surface area contributed by atoms with E-state index in [0.717, 1.165) is 31.6 Å². The minimum Gasteiger partial charge on any atom is -0.337 e. The third kappa shape index (κ3) is 3.13. The van der Waals surface area contributed by atoms with Crippen LogP contribution in [0.3, 0.4) is 0 Å². The maximum Gasteiger partial charge on any atom is 0.272 e. The Labute approximate surface area is 115 Å². The SMILES string of the molecule is CCC1CN(C(=O)c2cccc(C)n2)CCC1NC. The van der Waals surface area contributed by atoms with Crippen molar-refractivity contribution in [1.29, 1.82) is 0 Å². The topological polar surface area (TPSA) is 45.2 Å². The van der Waals surface area contributed by atoms with Crippen molar-refractivity contribution in [3.8, 4) is 0 Å². The molecule has 1 aromatic heterocycles. The van der Waals surface area contributed by atoms with Gasteiger partial charge in [0.05, 0.1) is 0 Å². The number of piperidine rings is 1. The average Bonchev–Trinajstić information content (AvgIpc) is 2.45. The molecular formula is C15H23N3O. The van der Waals surface area contributed by atoms with Crippen molar-refractivity contribution in [2.45, 2.75) is 32.7 Å². The van der Waals surface area contributed by atoms with Gasteiger partial charge in [-0.15, -0.1) is 0 Å². The van der Waals surface area contributed by atoms with E-state index in [-0.39, 0.29) is 5.91 Å². The van der Waals surface area contributed by atoms with Gasteiger partial charge in [-0.25, -0.2) is 4.98 Å². The molecule has 1 aliphatic heterocycles. The number of rotatable bonds is 3. The van der Waals surface area contributed by atoms with E-state index < -0.39 is 0 Å². The summed E-state index contributed by atoms with van der Waals surface area (Å²) in [4.78, 5) is 18.7. The smallest absolute Gasteiger partial charge is 0.272 e. The van der Waals surface area contributed by atoms with E-state index in [2.05, 4.69) is 17.2 Å². The summed E-state index contributed by atoms with van der Waals surface area (Å²) >= 11 is 0. The van der Waals surface area contributed by atoms with Gasteiger partial charge in [0.25, 0.3) is 5.91 Å². The molecule has 2 heterocycles. The maximum atomic E-state index is 12.5. The Kier molecular flexibility index (Phi) is 4.53. The van der Waals surface area contributed by atoms with Crippen molar-refractivity contribution >= 4 is 5.91 Å². The van der Waals surface area contributed by atoms with E-state index in [1.165, 1.54) is 0 Å². The molecule has 2 unspecified atom stereocenters. The van der Waals surface area contributed by atoms with Crippen LogP contribution >= 0.6 is 0 Å². The highest BCUT2D eigenvalue weighted by Gasteiger charge is 2.30. The molecule has 1 aliphatic rings. The molecule has 1 saturated heterocycles. The fourth-order valence-corrected chi connectivity index (χ4v) is 2.83. The van der Waals surface area contributed by atoms with Gasteiger partial charge in [0.15, 0.2) is 0 Å². The second kappa shape index (κ2) is 6.15. The number of pyridine rings is 1. The Morgan fingerprint density at radius 2 is 2.32 bits per heavy atom. The molecule has 0 aromatic carbocycles. The number of carbonyl (C=O) groups excluding carboxylic acids is 1. The quantitative estimate of drug-likeness (QED) is 0.903. The zero-order valence-electron chi connectivity index (χ0n) is 12.0. The lowest BCUT2D eigenvalue weighted by Gasteiger charge is -2.38. The van der Waals surface area contributed by atoms with Crippen LogP contribution in [0.4, 0.5) is 0 Å². The second-order valence-corrected chi connectivity index (χ2v) is 5.27. The molecule has 2 atom stereocenters. The fraction of sp³-hybridized carbons (Fsp3) is 0.600. The lowest BCUT2D eigenvalue weighted by molar-refractivity contribution is 0.0625. The van der Waals surface area contributed by atoms with Crippen LogP contribution in [0.25, 0.3) is 0 Å². The van der Waals surface area contributed by atoms with E-state index in [4.69, 9.17) is 0 Å². The van der Waals surface area contributed by atoms with E-state index in [0.29, 0.717) is 17.7 Å². The number of nitrogens with one attached hydrogen (secondary N) is 1. The minimum atomic E-state index is 0.0664. The zero-order valence-corrected chi connectivity index (χ0v) is 12.0. The summed E-state index contributed by atoms with van der Waals surface area (Å²) in [6.07, 6.45) is 2.11. The van der Waals surface area contributed by atoms with Crippen LogP contribution in [0, 0.1) is 12.8 Å². The molecular weight excluding hydrogens is 238 g/mol. The van der Waals surface area contributed by atoms with Gasteiger partial charge in [-0.2, -0.15) is 0 Å². The van der Waals surface area contributed by atoms with Crippen LogP contribution in [0.2, 0.25) is 0 Å². The summed E-state index contributed by atoms with van der Waals surface area (Å²) in [5.41, 5.74) is 1.46. The molecule has 4 heteroatoms. The normalized spacial score (nSPS) is 23.4. The van der Waals surface area contributed by atoms with Gasteiger partial charge >= 0.3 is 0 Å². The van der Waals surface area contributed by atoms with Crippen molar-refractivity contribution in [2.24, 2.45) is 5.92 Å². The van der Waals surface area contributed by atoms with Gasteiger partial charge in [-0.1, -0.05) is 19.4 Å². The monoisotopic (exact) mass is 261 g/mol. The summed E-state index contributed by atoms with van der Waals surface area (Å²) in [5, 5.41) is 3.36. The molecule has 1 amide bonds. The summed E-state index contributed by atoms with van der Waals surface area (Å²) in [5.74, 6) is 0.601. The number of likely N-dealkylation sites (tertiary alicyclic amines) is 1. The number of carbonyl (C=O) groups is 1. The van der Waals surface area contributed by atoms with Crippen LogP contribution in [-0.2, 0) is 0 Å². The second-order valence-electron chi connectivity index (χ2n) is 5.27. The van der Waals surface area contributed by atoms with Crippen molar-refractivity contribution in [1.82, 2.24) is 15.2 Å². The lowest BCUT2D eigenvalue weighted by Crippen LogP contribution is -2.50. The summed E-state index contributed by atoms with van der Waals surface area (Å²) in [7, 11) is 2.01. The van der Waals surface area contributed by atoms with Crippen LogP contribution < -0.4 is 5.32 Å². The molecule has 19 heavy (non-hydrogen) atoms. The fourth-order valence-electron chi connectivity index (χ4n) is 2.83. The molecule has 1 fully saturated rings. The van der Waals surface area contributed by atoms with E-state index in [1.807, 2.05) is 31.0 Å². The Morgan fingerprint density at radius 1 is 1.53 bits per heavy atom. The standard InChI is InChI=1S/C15H23N3O/c1-4-12-10-18(9-8-13(12)16-3)15(19)14-7-5-6-11(2)17-14/h5-7,12-13,16H,4,8-10H2,1-3H3. The van der Waals surface area contributed by atoms with Gasteiger partial charge in [-0.3, -0.25) is 4.79 Å². The first-order valence-electron chi connectivity index (χ1n) is 7.06.